The van der Waals surface area contributed by atoms with Crippen molar-refractivity contribution in [3.05, 3.63) is 29.3 Å². The van der Waals surface area contributed by atoms with Gasteiger partial charge in [-0.05, 0) is 38.1 Å². The number of nitrogens with zero attached hydrogens (tertiary/aromatic N) is 3. The zero-order valence-corrected chi connectivity index (χ0v) is 14.4. The van der Waals surface area contributed by atoms with Crippen molar-refractivity contribution in [1.29, 1.82) is 0 Å². The Kier molecular flexibility index (Phi) is 4.64. The fraction of sp³-hybridized carbons (Fsp3) is 0.438. The average Bonchev–Trinajstić information content (AvgIpc) is 3.11. The zero-order valence-electron chi connectivity index (χ0n) is 13.7. The fourth-order valence-corrected chi connectivity index (χ4v) is 2.92. The molecule has 25 heavy (non-hydrogen) atoms. The van der Waals surface area contributed by atoms with Crippen molar-refractivity contribution in [2.24, 2.45) is 0 Å². The molecule has 134 valence electrons. The van der Waals surface area contributed by atoms with E-state index < -0.39 is 30.5 Å². The molecule has 2 aromatic rings. The SMILES string of the molecule is CC1CC(F)(F)CN1C(=O)[C@@H](C)Nc1nnc(-c2ccc(Cl)cc2)o1. The summed E-state index contributed by atoms with van der Waals surface area (Å²) in [5, 5.41) is 11.1. The maximum Gasteiger partial charge on any atom is 0.316 e. The topological polar surface area (TPSA) is 71.3 Å². The summed E-state index contributed by atoms with van der Waals surface area (Å²) in [6.07, 6.45) is -0.327. The van der Waals surface area contributed by atoms with Crippen LogP contribution in [0.1, 0.15) is 20.3 Å². The summed E-state index contributed by atoms with van der Waals surface area (Å²) in [7, 11) is 0. The highest BCUT2D eigenvalue weighted by Crippen LogP contribution is 2.32. The number of carbonyl (C=O) groups is 1. The lowest BCUT2D eigenvalue weighted by molar-refractivity contribution is -0.133. The van der Waals surface area contributed by atoms with Crippen LogP contribution in [-0.2, 0) is 4.79 Å². The summed E-state index contributed by atoms with van der Waals surface area (Å²) >= 11 is 5.83. The largest absolute Gasteiger partial charge is 0.403 e. The molecule has 2 atom stereocenters. The summed E-state index contributed by atoms with van der Waals surface area (Å²) < 4.78 is 32.4. The van der Waals surface area contributed by atoms with Gasteiger partial charge in [0.1, 0.15) is 6.04 Å². The molecule has 1 saturated heterocycles. The molecule has 0 aliphatic carbocycles. The summed E-state index contributed by atoms with van der Waals surface area (Å²) in [6, 6.07) is 5.59. The van der Waals surface area contributed by atoms with Crippen LogP contribution in [0, 0.1) is 0 Å². The average molecular weight is 371 g/mol. The van der Waals surface area contributed by atoms with E-state index in [9.17, 15) is 13.6 Å². The van der Waals surface area contributed by atoms with Crippen molar-refractivity contribution in [3.8, 4) is 11.5 Å². The lowest BCUT2D eigenvalue weighted by Crippen LogP contribution is -2.43. The Balaban J connectivity index is 1.66. The van der Waals surface area contributed by atoms with Crippen LogP contribution in [-0.4, -0.2) is 45.6 Å². The number of carbonyl (C=O) groups excluding carboxylic acids is 1. The monoisotopic (exact) mass is 370 g/mol. The number of nitrogens with one attached hydrogen (secondary N) is 1. The van der Waals surface area contributed by atoms with Gasteiger partial charge in [0.2, 0.25) is 11.8 Å². The second-order valence-electron chi connectivity index (χ2n) is 6.16. The molecule has 1 fully saturated rings. The van der Waals surface area contributed by atoms with Gasteiger partial charge in [0.05, 0.1) is 6.54 Å². The molecule has 1 aliphatic heterocycles. The van der Waals surface area contributed by atoms with E-state index in [0.29, 0.717) is 10.6 Å². The van der Waals surface area contributed by atoms with Crippen molar-refractivity contribution in [3.63, 3.8) is 0 Å². The summed E-state index contributed by atoms with van der Waals surface area (Å²) in [6.45, 7) is 2.60. The first-order chi connectivity index (χ1) is 11.7. The smallest absolute Gasteiger partial charge is 0.316 e. The molecule has 1 unspecified atom stereocenters. The number of likely N-dealkylation sites (tertiary alicyclic amines) is 1. The maximum absolute atomic E-state index is 13.5. The summed E-state index contributed by atoms with van der Waals surface area (Å²) in [4.78, 5) is 13.6. The maximum atomic E-state index is 13.5. The van der Waals surface area contributed by atoms with Crippen molar-refractivity contribution in [2.45, 2.75) is 38.3 Å². The number of benzene rings is 1. The molecule has 3 rings (SSSR count). The third kappa shape index (κ3) is 3.89. The molecule has 6 nitrogen and oxygen atoms in total. The van der Waals surface area contributed by atoms with E-state index in [0.717, 1.165) is 0 Å². The van der Waals surface area contributed by atoms with Gasteiger partial charge in [-0.2, -0.15) is 0 Å². The normalized spacial score (nSPS) is 20.5. The van der Waals surface area contributed by atoms with E-state index in [4.69, 9.17) is 16.0 Å². The zero-order chi connectivity index (χ0) is 18.2. The van der Waals surface area contributed by atoms with Crippen LogP contribution in [0.4, 0.5) is 14.8 Å². The van der Waals surface area contributed by atoms with Gasteiger partial charge in [0.25, 0.3) is 5.92 Å². The van der Waals surface area contributed by atoms with Gasteiger partial charge in [-0.25, -0.2) is 8.78 Å². The Bertz CT molecular complexity index is 766. The molecule has 1 aliphatic rings. The van der Waals surface area contributed by atoms with Gasteiger partial charge in [0, 0.05) is 23.0 Å². The summed E-state index contributed by atoms with van der Waals surface area (Å²) in [5.74, 6) is -3.02. The lowest BCUT2D eigenvalue weighted by atomic mass is 10.2. The standard InChI is InChI=1S/C16H17ClF2N4O2/c1-9-7-16(18,19)8-23(9)14(24)10(2)20-15-22-21-13(25-15)11-3-5-12(17)6-4-11/h3-6,9-10H,7-8H2,1-2H3,(H,20,22)/t9?,10-/m1/s1. The molecule has 1 aromatic carbocycles. The van der Waals surface area contributed by atoms with Gasteiger partial charge in [-0.3, -0.25) is 4.79 Å². The third-order valence-electron chi connectivity index (χ3n) is 4.04. The third-order valence-corrected chi connectivity index (χ3v) is 4.29. The molecule has 1 N–H and O–H groups in total. The second-order valence-corrected chi connectivity index (χ2v) is 6.60. The van der Waals surface area contributed by atoms with E-state index >= 15 is 0 Å². The number of alkyl halides is 2. The first-order valence-corrected chi connectivity index (χ1v) is 8.17. The quantitative estimate of drug-likeness (QED) is 0.892. The van der Waals surface area contributed by atoms with Crippen LogP contribution in [0.3, 0.4) is 0 Å². The van der Waals surface area contributed by atoms with E-state index in [1.165, 1.54) is 4.90 Å². The van der Waals surface area contributed by atoms with Crippen molar-refractivity contribution >= 4 is 23.5 Å². The number of halogens is 3. The molecule has 0 saturated carbocycles. The number of anilines is 1. The van der Waals surface area contributed by atoms with Gasteiger partial charge in [0.15, 0.2) is 0 Å². The van der Waals surface area contributed by atoms with E-state index in [2.05, 4.69) is 15.5 Å². The van der Waals surface area contributed by atoms with Crippen LogP contribution in [0.2, 0.25) is 5.02 Å². The Hall–Kier alpha value is -2.22. The molecule has 9 heteroatoms. The molecule has 0 bridgehead atoms. The van der Waals surface area contributed by atoms with Gasteiger partial charge in [-0.1, -0.05) is 16.7 Å². The fourth-order valence-electron chi connectivity index (χ4n) is 2.79. The van der Waals surface area contributed by atoms with Crippen LogP contribution in [0.5, 0.6) is 0 Å². The van der Waals surface area contributed by atoms with Crippen molar-refractivity contribution in [1.82, 2.24) is 15.1 Å². The Morgan fingerprint density at radius 3 is 2.68 bits per heavy atom. The minimum atomic E-state index is -2.85. The molecular weight excluding hydrogens is 354 g/mol. The predicted octanol–water partition coefficient (Wildman–Crippen LogP) is 3.45. The number of hydrogen-bond acceptors (Lipinski definition) is 5. The second kappa shape index (κ2) is 6.59. The molecular formula is C16H17ClF2N4O2. The Morgan fingerprint density at radius 2 is 2.08 bits per heavy atom. The van der Waals surface area contributed by atoms with E-state index in [-0.39, 0.29) is 18.3 Å². The van der Waals surface area contributed by atoms with Gasteiger partial charge < -0.3 is 14.6 Å². The predicted molar refractivity (Wildman–Crippen MR) is 88.6 cm³/mol. The number of hydrogen-bond donors (Lipinski definition) is 1. The van der Waals surface area contributed by atoms with Gasteiger partial charge in [-0.15, -0.1) is 5.10 Å². The highest BCUT2D eigenvalue weighted by Gasteiger charge is 2.45. The van der Waals surface area contributed by atoms with E-state index in [1.54, 1.807) is 38.1 Å². The number of amides is 1. The molecule has 2 heterocycles. The Morgan fingerprint density at radius 1 is 1.40 bits per heavy atom. The minimum absolute atomic E-state index is 0.0458. The Labute approximate surface area is 148 Å². The lowest BCUT2D eigenvalue weighted by Gasteiger charge is -2.24. The summed E-state index contributed by atoms with van der Waals surface area (Å²) in [5.41, 5.74) is 0.678. The van der Waals surface area contributed by atoms with E-state index in [1.807, 2.05) is 0 Å². The highest BCUT2D eigenvalue weighted by atomic mass is 35.5. The highest BCUT2D eigenvalue weighted by molar-refractivity contribution is 6.30. The minimum Gasteiger partial charge on any atom is -0.403 e. The molecule has 1 aromatic heterocycles. The first-order valence-electron chi connectivity index (χ1n) is 7.79. The number of rotatable bonds is 4. The number of aromatic nitrogens is 2. The van der Waals surface area contributed by atoms with Crippen LogP contribution in [0.15, 0.2) is 28.7 Å². The molecule has 0 radical (unpaired) electrons. The van der Waals surface area contributed by atoms with Crippen LogP contribution in [0.25, 0.3) is 11.5 Å². The van der Waals surface area contributed by atoms with Gasteiger partial charge >= 0.3 is 6.01 Å². The van der Waals surface area contributed by atoms with Crippen molar-refractivity contribution < 1.29 is 18.0 Å². The van der Waals surface area contributed by atoms with Crippen LogP contribution < -0.4 is 5.32 Å². The molecule has 1 amide bonds. The van der Waals surface area contributed by atoms with Crippen LogP contribution >= 0.6 is 11.6 Å². The van der Waals surface area contributed by atoms with Crippen molar-refractivity contribution in [2.75, 3.05) is 11.9 Å². The molecule has 0 spiro atoms. The first kappa shape index (κ1) is 17.6.